The molecule has 0 bridgehead atoms. The zero-order valence-corrected chi connectivity index (χ0v) is 18.8. The largest absolute Gasteiger partial charge is 0.311 e. The average Bonchev–Trinajstić information content (AvgIpc) is 2.92. The molecule has 0 spiro atoms. The molecule has 0 aliphatic rings. The first kappa shape index (κ1) is 21.2. The standard InChI is InChI=1S/C31H25N3/c1-32-34(30-19-17-26(18-20-30)25-11-5-2-6-12-25)31-23-21-29(22-24-31)33(27-13-7-3-8-14-27)28-15-9-4-10-16-28/h2-24H,1H2. The van der Waals surface area contributed by atoms with Gasteiger partial charge in [0.2, 0.25) is 0 Å². The molecule has 34 heavy (non-hydrogen) atoms. The lowest BCUT2D eigenvalue weighted by Crippen LogP contribution is -2.11. The van der Waals surface area contributed by atoms with Crippen LogP contribution in [0.2, 0.25) is 0 Å². The van der Waals surface area contributed by atoms with Crippen LogP contribution in [0.5, 0.6) is 0 Å². The Balaban J connectivity index is 1.44. The molecule has 3 heteroatoms. The molecular formula is C31H25N3. The highest BCUT2D eigenvalue weighted by Crippen LogP contribution is 2.36. The van der Waals surface area contributed by atoms with Crippen molar-refractivity contribution in [2.24, 2.45) is 5.10 Å². The van der Waals surface area contributed by atoms with Gasteiger partial charge < -0.3 is 4.90 Å². The number of para-hydroxylation sites is 2. The molecule has 3 nitrogen and oxygen atoms in total. The van der Waals surface area contributed by atoms with Crippen LogP contribution in [0.3, 0.4) is 0 Å². The molecular weight excluding hydrogens is 414 g/mol. The minimum atomic E-state index is 0.951. The maximum absolute atomic E-state index is 4.29. The summed E-state index contributed by atoms with van der Waals surface area (Å²) in [5.41, 5.74) is 7.57. The number of hydrogen-bond donors (Lipinski definition) is 0. The minimum Gasteiger partial charge on any atom is -0.311 e. The molecule has 5 aromatic rings. The normalized spacial score (nSPS) is 10.5. The Morgan fingerprint density at radius 1 is 0.382 bits per heavy atom. The molecule has 5 rings (SSSR count). The van der Waals surface area contributed by atoms with Gasteiger partial charge in [-0.25, -0.2) is 5.01 Å². The Kier molecular flexibility index (Phi) is 6.17. The van der Waals surface area contributed by atoms with E-state index < -0.39 is 0 Å². The lowest BCUT2D eigenvalue weighted by molar-refractivity contribution is 1.10. The van der Waals surface area contributed by atoms with Gasteiger partial charge >= 0.3 is 0 Å². The van der Waals surface area contributed by atoms with Crippen LogP contribution < -0.4 is 9.91 Å². The van der Waals surface area contributed by atoms with Gasteiger partial charge in [-0.1, -0.05) is 78.9 Å². The Morgan fingerprint density at radius 2 is 0.735 bits per heavy atom. The first-order valence-electron chi connectivity index (χ1n) is 11.3. The smallest absolute Gasteiger partial charge is 0.0653 e. The van der Waals surface area contributed by atoms with Crippen molar-refractivity contribution in [2.45, 2.75) is 0 Å². The summed E-state index contributed by atoms with van der Waals surface area (Å²) in [4.78, 5) is 2.24. The van der Waals surface area contributed by atoms with Gasteiger partial charge in [0.25, 0.3) is 0 Å². The zero-order chi connectivity index (χ0) is 23.2. The number of hydrogen-bond acceptors (Lipinski definition) is 3. The molecule has 0 amide bonds. The van der Waals surface area contributed by atoms with Crippen LogP contribution in [-0.2, 0) is 0 Å². The van der Waals surface area contributed by atoms with Gasteiger partial charge in [-0.3, -0.25) is 0 Å². The Bertz CT molecular complexity index is 1290. The van der Waals surface area contributed by atoms with E-state index >= 15 is 0 Å². The molecule has 5 aromatic carbocycles. The van der Waals surface area contributed by atoms with Crippen molar-refractivity contribution in [3.8, 4) is 11.1 Å². The second-order valence-corrected chi connectivity index (χ2v) is 7.89. The van der Waals surface area contributed by atoms with Crippen LogP contribution in [-0.4, -0.2) is 6.72 Å². The molecule has 0 fully saturated rings. The van der Waals surface area contributed by atoms with E-state index in [-0.39, 0.29) is 0 Å². The third-order valence-electron chi connectivity index (χ3n) is 5.74. The maximum atomic E-state index is 4.29. The SMILES string of the molecule is C=NN(c1ccc(-c2ccccc2)cc1)c1ccc(N(c2ccccc2)c2ccccc2)cc1. The van der Waals surface area contributed by atoms with Gasteiger partial charge in [0, 0.05) is 23.8 Å². The minimum absolute atomic E-state index is 0.951. The van der Waals surface area contributed by atoms with E-state index in [9.17, 15) is 0 Å². The summed E-state index contributed by atoms with van der Waals surface area (Å²) in [6.45, 7) is 3.81. The number of rotatable bonds is 7. The fourth-order valence-electron chi connectivity index (χ4n) is 4.08. The van der Waals surface area contributed by atoms with E-state index in [4.69, 9.17) is 0 Å². The van der Waals surface area contributed by atoms with E-state index in [0.717, 1.165) is 28.4 Å². The Morgan fingerprint density at radius 3 is 1.21 bits per heavy atom. The van der Waals surface area contributed by atoms with Crippen molar-refractivity contribution in [1.82, 2.24) is 0 Å². The Hall–Kier alpha value is -4.63. The number of anilines is 5. The third kappa shape index (κ3) is 4.45. The van der Waals surface area contributed by atoms with Crippen LogP contribution in [0.25, 0.3) is 11.1 Å². The van der Waals surface area contributed by atoms with Gasteiger partial charge in [0.1, 0.15) is 0 Å². The molecule has 0 aliphatic heterocycles. The lowest BCUT2D eigenvalue weighted by Gasteiger charge is -2.26. The van der Waals surface area contributed by atoms with Crippen LogP contribution in [0, 0.1) is 0 Å². The van der Waals surface area contributed by atoms with Crippen molar-refractivity contribution in [3.63, 3.8) is 0 Å². The van der Waals surface area contributed by atoms with E-state index in [1.807, 2.05) is 23.2 Å². The number of nitrogens with zero attached hydrogens (tertiary/aromatic N) is 3. The van der Waals surface area contributed by atoms with Crippen molar-refractivity contribution in [2.75, 3.05) is 9.91 Å². The Labute approximate surface area is 200 Å². The van der Waals surface area contributed by atoms with Crippen molar-refractivity contribution in [3.05, 3.63) is 140 Å². The second-order valence-electron chi connectivity index (χ2n) is 7.89. The van der Waals surface area contributed by atoms with Gasteiger partial charge in [-0.15, -0.1) is 0 Å². The average molecular weight is 440 g/mol. The summed E-state index contributed by atoms with van der Waals surface area (Å²) in [6.07, 6.45) is 0. The summed E-state index contributed by atoms with van der Waals surface area (Å²) >= 11 is 0. The molecule has 164 valence electrons. The van der Waals surface area contributed by atoms with E-state index in [0.29, 0.717) is 0 Å². The fourth-order valence-corrected chi connectivity index (χ4v) is 4.08. The molecule has 0 saturated carbocycles. The number of hydrazone groups is 1. The molecule has 0 heterocycles. The van der Waals surface area contributed by atoms with E-state index in [1.54, 1.807) is 0 Å². The quantitative estimate of drug-likeness (QED) is 0.187. The van der Waals surface area contributed by atoms with Crippen LogP contribution in [0.15, 0.2) is 145 Å². The summed E-state index contributed by atoms with van der Waals surface area (Å²) in [5, 5.41) is 6.15. The molecule has 0 aromatic heterocycles. The lowest BCUT2D eigenvalue weighted by atomic mass is 10.1. The second kappa shape index (κ2) is 9.88. The molecule has 0 radical (unpaired) electrons. The molecule has 0 aliphatic carbocycles. The van der Waals surface area contributed by atoms with Crippen LogP contribution in [0.1, 0.15) is 0 Å². The van der Waals surface area contributed by atoms with Crippen molar-refractivity contribution in [1.29, 1.82) is 0 Å². The summed E-state index contributed by atoms with van der Waals surface area (Å²) in [6, 6.07) is 47.9. The summed E-state index contributed by atoms with van der Waals surface area (Å²) in [5.74, 6) is 0. The van der Waals surface area contributed by atoms with Crippen molar-refractivity contribution < 1.29 is 0 Å². The fraction of sp³-hybridized carbons (Fsp3) is 0. The maximum Gasteiger partial charge on any atom is 0.0653 e. The predicted octanol–water partition coefficient (Wildman–Crippen LogP) is 8.58. The highest BCUT2D eigenvalue weighted by atomic mass is 15.4. The molecule has 0 saturated heterocycles. The van der Waals surface area contributed by atoms with Crippen LogP contribution in [0.4, 0.5) is 28.4 Å². The van der Waals surface area contributed by atoms with E-state index in [1.165, 1.54) is 11.1 Å². The first-order valence-corrected chi connectivity index (χ1v) is 11.3. The molecule has 0 unspecified atom stereocenters. The first-order chi connectivity index (χ1) is 16.8. The monoisotopic (exact) mass is 439 g/mol. The van der Waals surface area contributed by atoms with Crippen molar-refractivity contribution >= 4 is 35.2 Å². The number of benzene rings is 5. The van der Waals surface area contributed by atoms with Gasteiger partial charge in [0.05, 0.1) is 11.4 Å². The molecule has 0 N–H and O–H groups in total. The van der Waals surface area contributed by atoms with Gasteiger partial charge in [-0.2, -0.15) is 5.10 Å². The van der Waals surface area contributed by atoms with Gasteiger partial charge in [0.15, 0.2) is 0 Å². The highest BCUT2D eigenvalue weighted by Gasteiger charge is 2.13. The van der Waals surface area contributed by atoms with Crippen LogP contribution >= 0.6 is 0 Å². The third-order valence-corrected chi connectivity index (χ3v) is 5.74. The highest BCUT2D eigenvalue weighted by molar-refractivity contribution is 5.78. The summed E-state index contributed by atoms with van der Waals surface area (Å²) < 4.78 is 0. The van der Waals surface area contributed by atoms with E-state index in [2.05, 4.69) is 138 Å². The predicted molar refractivity (Wildman–Crippen MR) is 145 cm³/mol. The topological polar surface area (TPSA) is 18.8 Å². The zero-order valence-electron chi connectivity index (χ0n) is 18.8. The molecule has 0 atom stereocenters. The van der Waals surface area contributed by atoms with Gasteiger partial charge in [-0.05, 0) is 71.8 Å². The summed E-state index contributed by atoms with van der Waals surface area (Å²) in [7, 11) is 0.